The lowest BCUT2D eigenvalue weighted by Crippen LogP contribution is -2.30. The van der Waals surface area contributed by atoms with E-state index in [0.29, 0.717) is 6.42 Å². The zero-order chi connectivity index (χ0) is 10.8. The Hall–Kier alpha value is -0.830. The van der Waals surface area contributed by atoms with Crippen molar-refractivity contribution < 1.29 is 9.90 Å². The highest BCUT2D eigenvalue weighted by molar-refractivity contribution is 7.07. The predicted molar refractivity (Wildman–Crippen MR) is 58.6 cm³/mol. The van der Waals surface area contributed by atoms with E-state index in [1.165, 1.54) is 0 Å². The molecule has 0 saturated heterocycles. The molecule has 78 valence electrons. The third-order valence-corrected chi connectivity index (χ3v) is 3.10. The summed E-state index contributed by atoms with van der Waals surface area (Å²) < 4.78 is 0. The summed E-state index contributed by atoms with van der Waals surface area (Å²) >= 11 is 1.61. The Kier molecular flexibility index (Phi) is 3.32. The van der Waals surface area contributed by atoms with E-state index in [0.717, 1.165) is 5.56 Å². The minimum Gasteiger partial charge on any atom is -0.481 e. The van der Waals surface area contributed by atoms with Gasteiger partial charge < -0.3 is 5.11 Å². The first kappa shape index (κ1) is 11.2. The van der Waals surface area contributed by atoms with Crippen molar-refractivity contribution in [2.24, 2.45) is 11.3 Å². The van der Waals surface area contributed by atoms with Crippen LogP contribution in [0.25, 0.3) is 0 Å². The van der Waals surface area contributed by atoms with Crippen LogP contribution in [0.5, 0.6) is 0 Å². The van der Waals surface area contributed by atoms with E-state index in [-0.39, 0.29) is 11.3 Å². The molecule has 1 N–H and O–H groups in total. The minimum absolute atomic E-state index is 0.187. The fourth-order valence-corrected chi connectivity index (χ4v) is 2.09. The maximum atomic E-state index is 11.1. The summed E-state index contributed by atoms with van der Waals surface area (Å²) in [5.74, 6) is -1.01. The molecule has 14 heavy (non-hydrogen) atoms. The fourth-order valence-electron chi connectivity index (χ4n) is 1.41. The number of carboxylic acid groups (broad SMARTS) is 1. The topological polar surface area (TPSA) is 37.3 Å². The van der Waals surface area contributed by atoms with Crippen molar-refractivity contribution >= 4 is 17.3 Å². The summed E-state index contributed by atoms with van der Waals surface area (Å²) in [6.45, 7) is 5.91. The number of rotatable bonds is 3. The van der Waals surface area contributed by atoms with E-state index < -0.39 is 5.97 Å². The molecule has 1 rings (SSSR count). The molecule has 1 heterocycles. The van der Waals surface area contributed by atoms with Crippen molar-refractivity contribution in [2.75, 3.05) is 0 Å². The summed E-state index contributed by atoms with van der Waals surface area (Å²) in [5, 5.41) is 13.1. The SMILES string of the molecule is CC(C)(C)C(Cc1ccsc1)C(=O)O. The zero-order valence-electron chi connectivity index (χ0n) is 8.78. The van der Waals surface area contributed by atoms with Gasteiger partial charge >= 0.3 is 5.97 Å². The lowest BCUT2D eigenvalue weighted by molar-refractivity contribution is -0.145. The average Bonchev–Trinajstić information content (AvgIpc) is 2.48. The van der Waals surface area contributed by atoms with Gasteiger partial charge in [-0.2, -0.15) is 11.3 Å². The maximum Gasteiger partial charge on any atom is 0.307 e. The molecular weight excluding hydrogens is 196 g/mol. The van der Waals surface area contributed by atoms with Crippen molar-refractivity contribution in [3.63, 3.8) is 0 Å². The Morgan fingerprint density at radius 1 is 1.57 bits per heavy atom. The van der Waals surface area contributed by atoms with Gasteiger partial charge in [0.25, 0.3) is 0 Å². The molecule has 1 unspecified atom stereocenters. The van der Waals surface area contributed by atoms with Crippen molar-refractivity contribution in [3.8, 4) is 0 Å². The van der Waals surface area contributed by atoms with Crippen LogP contribution in [0, 0.1) is 11.3 Å². The lowest BCUT2D eigenvalue weighted by Gasteiger charge is -2.26. The number of thiophene rings is 1. The Bertz CT molecular complexity index is 296. The van der Waals surface area contributed by atoms with Gasteiger partial charge in [-0.25, -0.2) is 0 Å². The summed E-state index contributed by atoms with van der Waals surface area (Å²) in [7, 11) is 0. The quantitative estimate of drug-likeness (QED) is 0.836. The molecule has 0 saturated carbocycles. The largest absolute Gasteiger partial charge is 0.481 e. The first-order chi connectivity index (χ1) is 6.41. The van der Waals surface area contributed by atoms with E-state index in [2.05, 4.69) is 0 Å². The molecule has 0 fully saturated rings. The van der Waals surface area contributed by atoms with Crippen molar-refractivity contribution in [1.29, 1.82) is 0 Å². The molecule has 0 spiro atoms. The van der Waals surface area contributed by atoms with Crippen LogP contribution >= 0.6 is 11.3 Å². The molecule has 1 aromatic heterocycles. The van der Waals surface area contributed by atoms with Gasteiger partial charge in [0.15, 0.2) is 0 Å². The predicted octanol–water partition coefficient (Wildman–Crippen LogP) is 3.04. The highest BCUT2D eigenvalue weighted by Gasteiger charge is 2.31. The molecule has 0 aliphatic carbocycles. The Morgan fingerprint density at radius 3 is 2.57 bits per heavy atom. The van der Waals surface area contributed by atoms with Gasteiger partial charge in [-0.3, -0.25) is 4.79 Å². The Morgan fingerprint density at radius 2 is 2.21 bits per heavy atom. The molecule has 2 nitrogen and oxygen atoms in total. The van der Waals surface area contributed by atoms with Gasteiger partial charge in [-0.1, -0.05) is 20.8 Å². The second-order valence-corrected chi connectivity index (χ2v) is 5.37. The van der Waals surface area contributed by atoms with Crippen LogP contribution in [0.3, 0.4) is 0 Å². The third kappa shape index (κ3) is 2.84. The van der Waals surface area contributed by atoms with E-state index in [1.54, 1.807) is 11.3 Å². The number of aliphatic carboxylic acids is 1. The molecule has 0 aliphatic rings. The van der Waals surface area contributed by atoms with Crippen LogP contribution < -0.4 is 0 Å². The smallest absolute Gasteiger partial charge is 0.307 e. The van der Waals surface area contributed by atoms with Crippen LogP contribution in [0.2, 0.25) is 0 Å². The normalized spacial score (nSPS) is 13.9. The highest BCUT2D eigenvalue weighted by atomic mass is 32.1. The molecule has 0 bridgehead atoms. The summed E-state index contributed by atoms with van der Waals surface area (Å²) in [6, 6.07) is 1.99. The molecule has 1 aromatic rings. The third-order valence-electron chi connectivity index (χ3n) is 2.36. The standard InChI is InChI=1S/C11H16O2S/c1-11(2,3)9(10(12)13)6-8-4-5-14-7-8/h4-5,7,9H,6H2,1-3H3,(H,12,13). The van der Waals surface area contributed by atoms with E-state index in [4.69, 9.17) is 5.11 Å². The summed E-state index contributed by atoms with van der Waals surface area (Å²) in [6.07, 6.45) is 0.627. The molecule has 1 atom stereocenters. The Balaban J connectivity index is 2.76. The van der Waals surface area contributed by atoms with E-state index in [9.17, 15) is 4.79 Å². The van der Waals surface area contributed by atoms with Crippen LogP contribution in [0.4, 0.5) is 0 Å². The first-order valence-electron chi connectivity index (χ1n) is 4.65. The molecule has 3 heteroatoms. The first-order valence-corrected chi connectivity index (χ1v) is 5.59. The van der Waals surface area contributed by atoms with Gasteiger partial charge in [-0.05, 0) is 34.2 Å². The fraction of sp³-hybridized carbons (Fsp3) is 0.545. The van der Waals surface area contributed by atoms with Gasteiger partial charge in [0.05, 0.1) is 5.92 Å². The van der Waals surface area contributed by atoms with Crippen molar-refractivity contribution in [1.82, 2.24) is 0 Å². The molecule has 0 aliphatic heterocycles. The molecule has 0 aromatic carbocycles. The van der Waals surface area contributed by atoms with Crippen LogP contribution in [0.15, 0.2) is 16.8 Å². The number of carbonyl (C=O) groups is 1. The van der Waals surface area contributed by atoms with Crippen molar-refractivity contribution in [3.05, 3.63) is 22.4 Å². The van der Waals surface area contributed by atoms with Crippen molar-refractivity contribution in [2.45, 2.75) is 27.2 Å². The van der Waals surface area contributed by atoms with E-state index >= 15 is 0 Å². The van der Waals surface area contributed by atoms with Gasteiger partial charge in [-0.15, -0.1) is 0 Å². The summed E-state index contributed by atoms with van der Waals surface area (Å²) in [4.78, 5) is 11.1. The van der Waals surface area contributed by atoms with Crippen LogP contribution in [-0.4, -0.2) is 11.1 Å². The number of hydrogen-bond acceptors (Lipinski definition) is 2. The minimum atomic E-state index is -0.705. The van der Waals surface area contributed by atoms with Gasteiger partial charge in [0.1, 0.15) is 0 Å². The van der Waals surface area contributed by atoms with E-state index in [1.807, 2.05) is 37.6 Å². The van der Waals surface area contributed by atoms with Gasteiger partial charge in [0.2, 0.25) is 0 Å². The Labute approximate surface area is 88.6 Å². The second-order valence-electron chi connectivity index (χ2n) is 4.59. The van der Waals surface area contributed by atoms with Crippen LogP contribution in [-0.2, 0) is 11.2 Å². The second kappa shape index (κ2) is 4.13. The number of hydrogen-bond donors (Lipinski definition) is 1. The summed E-state index contributed by atoms with van der Waals surface area (Å²) in [5.41, 5.74) is 0.936. The maximum absolute atomic E-state index is 11.1. The molecule has 0 radical (unpaired) electrons. The lowest BCUT2D eigenvalue weighted by atomic mass is 9.77. The molecular formula is C11H16O2S. The average molecular weight is 212 g/mol. The zero-order valence-corrected chi connectivity index (χ0v) is 9.60. The highest BCUT2D eigenvalue weighted by Crippen LogP contribution is 2.29. The number of carboxylic acids is 1. The molecule has 0 amide bonds. The monoisotopic (exact) mass is 212 g/mol. The van der Waals surface area contributed by atoms with Crippen LogP contribution in [0.1, 0.15) is 26.3 Å². The van der Waals surface area contributed by atoms with Gasteiger partial charge in [0, 0.05) is 0 Å².